The van der Waals surface area contributed by atoms with E-state index in [1.54, 1.807) is 12.7 Å². The van der Waals surface area contributed by atoms with Crippen LogP contribution in [-0.2, 0) is 0 Å². The van der Waals surface area contributed by atoms with Gasteiger partial charge in [-0.25, -0.2) is 9.98 Å². The lowest BCUT2D eigenvalue weighted by Crippen LogP contribution is -2.06. The van der Waals surface area contributed by atoms with Crippen molar-refractivity contribution in [3.63, 3.8) is 0 Å². The Hall–Kier alpha value is -2.82. The summed E-state index contributed by atoms with van der Waals surface area (Å²) >= 11 is 0. The molecular formula is C18H22N4O. The topological polar surface area (TPSA) is 40.4 Å². The number of hydrogen-bond donors (Lipinski definition) is 0. The minimum absolute atomic E-state index is 0.776. The van der Waals surface area contributed by atoms with Gasteiger partial charge in [0.15, 0.2) is 0 Å². The number of hydrogen-bond acceptors (Lipinski definition) is 3. The number of nitrogens with zero attached hydrogens (tertiary/aromatic N) is 4. The lowest BCUT2D eigenvalue weighted by Gasteiger charge is -2.07. The van der Waals surface area contributed by atoms with Gasteiger partial charge in [-0.1, -0.05) is 0 Å². The normalized spacial score (nSPS) is 11.1. The first kappa shape index (κ1) is 16.5. The van der Waals surface area contributed by atoms with E-state index in [1.165, 1.54) is 0 Å². The predicted molar refractivity (Wildman–Crippen MR) is 96.6 cm³/mol. The third-order valence-corrected chi connectivity index (χ3v) is 2.78. The quantitative estimate of drug-likeness (QED) is 0.600. The van der Waals surface area contributed by atoms with Crippen LogP contribution in [0.5, 0.6) is 11.5 Å². The van der Waals surface area contributed by atoms with Crippen molar-refractivity contribution in [3.8, 4) is 11.5 Å². The molecule has 23 heavy (non-hydrogen) atoms. The van der Waals surface area contributed by atoms with Crippen molar-refractivity contribution in [1.82, 2.24) is 9.80 Å². The first-order valence-electron chi connectivity index (χ1n) is 7.32. The van der Waals surface area contributed by atoms with Gasteiger partial charge in [0.2, 0.25) is 0 Å². The third kappa shape index (κ3) is 5.82. The molecule has 0 fully saturated rings. The molecule has 2 aromatic carbocycles. The number of benzene rings is 2. The number of ether oxygens (including phenoxy) is 1. The van der Waals surface area contributed by atoms with Crippen LogP contribution in [0, 0.1) is 0 Å². The van der Waals surface area contributed by atoms with Crippen LogP contribution in [0.4, 0.5) is 11.4 Å². The number of rotatable bonds is 6. The van der Waals surface area contributed by atoms with E-state index in [0.717, 1.165) is 22.9 Å². The van der Waals surface area contributed by atoms with E-state index >= 15 is 0 Å². The molecule has 0 aromatic heterocycles. The van der Waals surface area contributed by atoms with Crippen LogP contribution < -0.4 is 4.74 Å². The molecule has 120 valence electrons. The Kier molecular flexibility index (Phi) is 5.74. The van der Waals surface area contributed by atoms with Crippen molar-refractivity contribution in [2.45, 2.75) is 0 Å². The highest BCUT2D eigenvalue weighted by Gasteiger charge is 1.98. The van der Waals surface area contributed by atoms with E-state index in [1.807, 2.05) is 86.5 Å². The average Bonchev–Trinajstić information content (AvgIpc) is 2.53. The Bertz CT molecular complexity index is 599. The molecule has 2 rings (SSSR count). The molecular weight excluding hydrogens is 288 g/mol. The first-order chi connectivity index (χ1) is 11.0. The van der Waals surface area contributed by atoms with Crippen LogP contribution >= 0.6 is 0 Å². The minimum atomic E-state index is 0.776. The van der Waals surface area contributed by atoms with E-state index in [9.17, 15) is 0 Å². The van der Waals surface area contributed by atoms with Gasteiger partial charge in [0, 0.05) is 28.2 Å². The number of aliphatic imine (C=N–C) groups is 2. The molecule has 0 saturated heterocycles. The first-order valence-corrected chi connectivity index (χ1v) is 7.32. The van der Waals surface area contributed by atoms with Crippen molar-refractivity contribution >= 4 is 24.1 Å². The summed E-state index contributed by atoms with van der Waals surface area (Å²) in [4.78, 5) is 12.4. The predicted octanol–water partition coefficient (Wildman–Crippen LogP) is 3.92. The fraction of sp³-hybridized carbons (Fsp3) is 0.222. The molecule has 0 radical (unpaired) electrons. The molecule has 0 aliphatic heterocycles. The summed E-state index contributed by atoms with van der Waals surface area (Å²) in [6.07, 6.45) is 3.53. The van der Waals surface area contributed by atoms with E-state index < -0.39 is 0 Å². The van der Waals surface area contributed by atoms with Gasteiger partial charge in [-0.05, 0) is 48.5 Å². The Morgan fingerprint density at radius 3 is 1.30 bits per heavy atom. The van der Waals surface area contributed by atoms with Crippen molar-refractivity contribution in [2.24, 2.45) is 9.98 Å². The third-order valence-electron chi connectivity index (χ3n) is 2.78. The fourth-order valence-electron chi connectivity index (χ4n) is 1.70. The van der Waals surface area contributed by atoms with E-state index in [0.29, 0.717) is 0 Å². The monoisotopic (exact) mass is 310 g/mol. The SMILES string of the molecule is CN(C)/C=N/c1ccc(Oc2ccc(/N=C/N(C)C)cc2)cc1. The maximum Gasteiger partial charge on any atom is 0.127 e. The molecule has 0 N–H and O–H groups in total. The summed E-state index contributed by atoms with van der Waals surface area (Å²) in [7, 11) is 7.75. The van der Waals surface area contributed by atoms with Crippen molar-refractivity contribution in [3.05, 3.63) is 48.5 Å². The van der Waals surface area contributed by atoms with Crippen LogP contribution in [0.3, 0.4) is 0 Å². The molecule has 5 heteroatoms. The highest BCUT2D eigenvalue weighted by atomic mass is 16.5. The van der Waals surface area contributed by atoms with Crippen LogP contribution in [0.25, 0.3) is 0 Å². The van der Waals surface area contributed by atoms with Gasteiger partial charge < -0.3 is 14.5 Å². The molecule has 0 atom stereocenters. The molecule has 5 nitrogen and oxygen atoms in total. The van der Waals surface area contributed by atoms with E-state index in [2.05, 4.69) is 9.98 Å². The van der Waals surface area contributed by atoms with Gasteiger partial charge in [-0.2, -0.15) is 0 Å². The van der Waals surface area contributed by atoms with Gasteiger partial charge in [0.25, 0.3) is 0 Å². The van der Waals surface area contributed by atoms with Gasteiger partial charge in [0.1, 0.15) is 11.5 Å². The second kappa shape index (κ2) is 7.98. The zero-order chi connectivity index (χ0) is 16.7. The highest BCUT2D eigenvalue weighted by molar-refractivity contribution is 5.61. The second-order valence-electron chi connectivity index (χ2n) is 5.51. The highest BCUT2D eigenvalue weighted by Crippen LogP contribution is 2.25. The lowest BCUT2D eigenvalue weighted by atomic mass is 10.3. The van der Waals surface area contributed by atoms with E-state index in [-0.39, 0.29) is 0 Å². The maximum absolute atomic E-state index is 5.81. The van der Waals surface area contributed by atoms with Crippen LogP contribution in [0.2, 0.25) is 0 Å². The molecule has 0 heterocycles. The van der Waals surface area contributed by atoms with Gasteiger partial charge >= 0.3 is 0 Å². The maximum atomic E-state index is 5.81. The lowest BCUT2D eigenvalue weighted by molar-refractivity contribution is 0.483. The molecule has 0 aliphatic rings. The molecule has 0 aliphatic carbocycles. The molecule has 0 spiro atoms. The minimum Gasteiger partial charge on any atom is -0.457 e. The van der Waals surface area contributed by atoms with Gasteiger partial charge in [0.05, 0.1) is 24.1 Å². The summed E-state index contributed by atoms with van der Waals surface area (Å²) in [5.41, 5.74) is 1.78. The molecule has 2 aromatic rings. The van der Waals surface area contributed by atoms with Crippen molar-refractivity contribution in [2.75, 3.05) is 28.2 Å². The Labute approximate surface area is 137 Å². The van der Waals surface area contributed by atoms with Crippen LogP contribution in [0.1, 0.15) is 0 Å². The average molecular weight is 310 g/mol. The Balaban J connectivity index is 1.99. The second-order valence-corrected chi connectivity index (χ2v) is 5.51. The van der Waals surface area contributed by atoms with Crippen LogP contribution in [-0.4, -0.2) is 50.7 Å². The zero-order valence-electron chi connectivity index (χ0n) is 14.0. The fourth-order valence-corrected chi connectivity index (χ4v) is 1.70. The smallest absolute Gasteiger partial charge is 0.127 e. The Morgan fingerprint density at radius 2 is 1.00 bits per heavy atom. The molecule has 0 unspecified atom stereocenters. The molecule has 0 saturated carbocycles. The largest absolute Gasteiger partial charge is 0.457 e. The van der Waals surface area contributed by atoms with E-state index in [4.69, 9.17) is 4.74 Å². The van der Waals surface area contributed by atoms with Crippen LogP contribution in [0.15, 0.2) is 58.5 Å². The van der Waals surface area contributed by atoms with Crippen molar-refractivity contribution in [1.29, 1.82) is 0 Å². The Morgan fingerprint density at radius 1 is 0.652 bits per heavy atom. The van der Waals surface area contributed by atoms with Gasteiger partial charge in [-0.15, -0.1) is 0 Å². The summed E-state index contributed by atoms with van der Waals surface area (Å²) in [6.45, 7) is 0. The standard InChI is InChI=1S/C18H22N4O/c1-21(2)13-19-15-5-9-17(10-6-15)23-18-11-7-16(8-12-18)20-14-22(3)4/h5-14H,1-4H3/b19-13+,20-14+. The molecule has 0 amide bonds. The molecule has 0 bridgehead atoms. The van der Waals surface area contributed by atoms with Gasteiger partial charge in [-0.3, -0.25) is 0 Å². The summed E-state index contributed by atoms with van der Waals surface area (Å²) in [5.74, 6) is 1.55. The van der Waals surface area contributed by atoms with Crippen molar-refractivity contribution < 1.29 is 4.74 Å². The summed E-state index contributed by atoms with van der Waals surface area (Å²) in [6, 6.07) is 15.3. The summed E-state index contributed by atoms with van der Waals surface area (Å²) < 4.78 is 5.81. The zero-order valence-corrected chi connectivity index (χ0v) is 14.0. The summed E-state index contributed by atoms with van der Waals surface area (Å²) in [5, 5.41) is 0.